The lowest BCUT2D eigenvalue weighted by atomic mass is 9.97. The second kappa shape index (κ2) is 9.36. The molecule has 1 N–H and O–H groups in total. The zero-order chi connectivity index (χ0) is 20.2. The molecule has 0 aromatic carbocycles. The van der Waals surface area contributed by atoms with Crippen LogP contribution >= 0.6 is 22.7 Å². The number of thiophene rings is 1. The summed E-state index contributed by atoms with van der Waals surface area (Å²) >= 11 is 2.94. The second-order valence-electron chi connectivity index (χ2n) is 8.18. The van der Waals surface area contributed by atoms with Gasteiger partial charge in [-0.3, -0.25) is 14.5 Å². The Hall–Kier alpha value is -1.77. The number of piperidine rings is 2. The number of hydrogen-bond donors (Lipinski definition) is 1. The summed E-state index contributed by atoms with van der Waals surface area (Å²) in [7, 11) is 0. The van der Waals surface area contributed by atoms with Gasteiger partial charge in [-0.25, -0.2) is 4.98 Å². The Balaban J connectivity index is 1.31. The van der Waals surface area contributed by atoms with Crippen molar-refractivity contribution in [1.29, 1.82) is 0 Å². The number of nitrogens with one attached hydrogen (secondary N) is 1. The molecule has 29 heavy (non-hydrogen) atoms. The quantitative estimate of drug-likeness (QED) is 0.778. The van der Waals surface area contributed by atoms with Crippen molar-refractivity contribution in [2.75, 3.05) is 31.5 Å². The number of amides is 2. The van der Waals surface area contributed by atoms with E-state index in [2.05, 4.69) is 22.1 Å². The monoisotopic (exact) mass is 432 g/mol. The molecule has 2 atom stereocenters. The van der Waals surface area contributed by atoms with Gasteiger partial charge >= 0.3 is 0 Å². The third-order valence-corrected chi connectivity index (χ3v) is 7.38. The smallest absolute Gasteiger partial charge is 0.263 e. The number of aromatic nitrogens is 1. The standard InChI is InChI=1S/C21H28N4O2S2/c1-15-5-2-8-24(11-15)13-17-14-29-21(22-17)23-19(26)16-6-3-9-25(12-16)20(27)18-7-4-10-28-18/h4,7,10,14-16H,2-3,5-6,8-9,11-13H2,1H3,(H,22,23,26). The first-order chi connectivity index (χ1) is 14.1. The Bertz CT molecular complexity index is 836. The fraction of sp³-hybridized carbons (Fsp3) is 0.571. The molecule has 2 aromatic rings. The molecule has 0 bridgehead atoms. The Morgan fingerprint density at radius 2 is 2.07 bits per heavy atom. The molecule has 0 radical (unpaired) electrons. The van der Waals surface area contributed by atoms with E-state index in [1.165, 1.54) is 35.5 Å². The van der Waals surface area contributed by atoms with Crippen molar-refractivity contribution in [2.45, 2.75) is 39.2 Å². The molecule has 0 saturated carbocycles. The summed E-state index contributed by atoms with van der Waals surface area (Å²) in [5.41, 5.74) is 1.03. The highest BCUT2D eigenvalue weighted by molar-refractivity contribution is 7.14. The maximum atomic E-state index is 12.8. The summed E-state index contributed by atoms with van der Waals surface area (Å²) in [6.07, 6.45) is 4.22. The predicted octanol–water partition coefficient (Wildman–Crippen LogP) is 3.93. The van der Waals surface area contributed by atoms with E-state index in [-0.39, 0.29) is 17.7 Å². The van der Waals surface area contributed by atoms with E-state index in [1.54, 1.807) is 0 Å². The maximum absolute atomic E-state index is 12.8. The number of thiazole rings is 1. The number of hydrogen-bond acceptors (Lipinski definition) is 6. The van der Waals surface area contributed by atoms with Gasteiger partial charge in [-0.05, 0) is 49.6 Å². The first-order valence-electron chi connectivity index (χ1n) is 10.4. The zero-order valence-corrected chi connectivity index (χ0v) is 18.4. The van der Waals surface area contributed by atoms with E-state index in [0.717, 1.165) is 55.5 Å². The maximum Gasteiger partial charge on any atom is 0.263 e. The summed E-state index contributed by atoms with van der Waals surface area (Å²) < 4.78 is 0. The molecule has 4 rings (SSSR count). The van der Waals surface area contributed by atoms with Crippen LogP contribution in [0.4, 0.5) is 5.13 Å². The molecule has 2 saturated heterocycles. The van der Waals surface area contributed by atoms with Crippen LogP contribution in [0.2, 0.25) is 0 Å². The molecule has 2 amide bonds. The molecule has 156 valence electrons. The molecule has 0 aliphatic carbocycles. The van der Waals surface area contributed by atoms with E-state index in [4.69, 9.17) is 0 Å². The second-order valence-corrected chi connectivity index (χ2v) is 9.99. The van der Waals surface area contributed by atoms with Crippen LogP contribution in [-0.2, 0) is 11.3 Å². The highest BCUT2D eigenvalue weighted by atomic mass is 32.1. The number of carbonyl (C=O) groups excluding carboxylic acids is 2. The molecule has 2 aromatic heterocycles. The molecule has 2 fully saturated rings. The average molecular weight is 433 g/mol. The van der Waals surface area contributed by atoms with Crippen LogP contribution in [0.25, 0.3) is 0 Å². The SMILES string of the molecule is CC1CCCN(Cc2csc(NC(=O)C3CCCN(C(=O)c4cccs4)C3)n2)C1. The number of likely N-dealkylation sites (tertiary alicyclic amines) is 2. The number of carbonyl (C=O) groups is 2. The van der Waals surface area contributed by atoms with Gasteiger partial charge in [0, 0.05) is 31.6 Å². The first-order valence-corrected chi connectivity index (χ1v) is 12.1. The van der Waals surface area contributed by atoms with Gasteiger partial charge in [0.25, 0.3) is 5.91 Å². The summed E-state index contributed by atoms with van der Waals surface area (Å²) in [5.74, 6) is 0.571. The Morgan fingerprint density at radius 3 is 2.86 bits per heavy atom. The molecule has 2 aliphatic rings. The van der Waals surface area contributed by atoms with Crippen LogP contribution < -0.4 is 5.32 Å². The third kappa shape index (κ3) is 5.24. The van der Waals surface area contributed by atoms with Crippen LogP contribution in [0.15, 0.2) is 22.9 Å². The summed E-state index contributed by atoms with van der Waals surface area (Å²) in [5, 5.41) is 7.60. The van der Waals surface area contributed by atoms with E-state index < -0.39 is 0 Å². The lowest BCUT2D eigenvalue weighted by Crippen LogP contribution is -2.43. The van der Waals surface area contributed by atoms with Gasteiger partial charge in [-0.2, -0.15) is 0 Å². The molecule has 6 nitrogen and oxygen atoms in total. The van der Waals surface area contributed by atoms with Gasteiger partial charge in [-0.1, -0.05) is 13.0 Å². The van der Waals surface area contributed by atoms with Crippen molar-refractivity contribution in [3.8, 4) is 0 Å². The van der Waals surface area contributed by atoms with E-state index in [9.17, 15) is 9.59 Å². The van der Waals surface area contributed by atoms with Gasteiger partial charge in [0.1, 0.15) is 0 Å². The van der Waals surface area contributed by atoms with Crippen molar-refractivity contribution in [3.63, 3.8) is 0 Å². The van der Waals surface area contributed by atoms with Crippen LogP contribution in [0, 0.1) is 11.8 Å². The number of rotatable bonds is 5. The van der Waals surface area contributed by atoms with Gasteiger partial charge in [-0.15, -0.1) is 22.7 Å². The Kier molecular flexibility index (Phi) is 6.62. The molecule has 8 heteroatoms. The van der Waals surface area contributed by atoms with Crippen molar-refractivity contribution >= 4 is 39.6 Å². The molecule has 2 unspecified atom stereocenters. The fourth-order valence-corrected chi connectivity index (χ4v) is 5.63. The minimum Gasteiger partial charge on any atom is -0.337 e. The lowest BCUT2D eigenvalue weighted by Gasteiger charge is -2.31. The summed E-state index contributed by atoms with van der Waals surface area (Å²) in [6, 6.07) is 3.73. The Morgan fingerprint density at radius 1 is 1.21 bits per heavy atom. The molecular formula is C21H28N4O2S2. The largest absolute Gasteiger partial charge is 0.337 e. The van der Waals surface area contributed by atoms with E-state index >= 15 is 0 Å². The van der Waals surface area contributed by atoms with Crippen LogP contribution in [0.5, 0.6) is 0 Å². The topological polar surface area (TPSA) is 65.5 Å². The van der Waals surface area contributed by atoms with Crippen LogP contribution in [0.1, 0.15) is 48.0 Å². The van der Waals surface area contributed by atoms with E-state index in [0.29, 0.717) is 11.7 Å². The minimum atomic E-state index is -0.178. The van der Waals surface area contributed by atoms with Crippen molar-refractivity contribution in [2.24, 2.45) is 11.8 Å². The molecule has 2 aliphatic heterocycles. The van der Waals surface area contributed by atoms with Gasteiger partial charge in [0.2, 0.25) is 5.91 Å². The molecular weight excluding hydrogens is 404 g/mol. The van der Waals surface area contributed by atoms with Crippen molar-refractivity contribution in [3.05, 3.63) is 33.5 Å². The van der Waals surface area contributed by atoms with Crippen molar-refractivity contribution < 1.29 is 9.59 Å². The average Bonchev–Trinajstić information content (AvgIpc) is 3.40. The highest BCUT2D eigenvalue weighted by Gasteiger charge is 2.29. The lowest BCUT2D eigenvalue weighted by molar-refractivity contribution is -0.121. The number of anilines is 1. The summed E-state index contributed by atoms with van der Waals surface area (Å²) in [4.78, 5) is 35.0. The predicted molar refractivity (Wildman–Crippen MR) is 117 cm³/mol. The number of nitrogens with zero attached hydrogens (tertiary/aromatic N) is 3. The zero-order valence-electron chi connectivity index (χ0n) is 16.8. The third-order valence-electron chi connectivity index (χ3n) is 5.72. The van der Waals surface area contributed by atoms with E-state index in [1.807, 2.05) is 27.8 Å². The van der Waals surface area contributed by atoms with Crippen LogP contribution in [-0.4, -0.2) is 52.8 Å². The van der Waals surface area contributed by atoms with Gasteiger partial charge in [0.15, 0.2) is 5.13 Å². The first kappa shape index (κ1) is 20.5. The fourth-order valence-electron chi connectivity index (χ4n) is 4.24. The minimum absolute atomic E-state index is 0.0267. The molecule has 0 spiro atoms. The van der Waals surface area contributed by atoms with Crippen LogP contribution in [0.3, 0.4) is 0 Å². The Labute approximate surface area is 179 Å². The van der Waals surface area contributed by atoms with Gasteiger partial charge in [0.05, 0.1) is 16.5 Å². The molecule has 4 heterocycles. The highest BCUT2D eigenvalue weighted by Crippen LogP contribution is 2.24. The summed E-state index contributed by atoms with van der Waals surface area (Å²) in [6.45, 7) is 6.59. The normalized spacial score (nSPS) is 23.1. The van der Waals surface area contributed by atoms with Gasteiger partial charge < -0.3 is 10.2 Å². The van der Waals surface area contributed by atoms with Crippen molar-refractivity contribution in [1.82, 2.24) is 14.8 Å².